The highest BCUT2D eigenvalue weighted by Gasteiger charge is 2.07. The molecule has 0 saturated carbocycles. The van der Waals surface area contributed by atoms with Crippen molar-refractivity contribution in [1.82, 2.24) is 9.59 Å². The van der Waals surface area contributed by atoms with E-state index in [2.05, 4.69) is 20.2 Å². The lowest BCUT2D eigenvalue weighted by Crippen LogP contribution is -2.19. The number of nitrogens with zero attached hydrogens (tertiary/aromatic N) is 2. The zero-order valence-corrected chi connectivity index (χ0v) is 10.5. The van der Waals surface area contributed by atoms with Crippen LogP contribution in [0.1, 0.15) is 5.69 Å². The van der Waals surface area contributed by atoms with Crippen molar-refractivity contribution in [2.24, 2.45) is 0 Å². The molecule has 0 aliphatic rings. The molecule has 2 rings (SSSR count). The first-order valence-electron chi connectivity index (χ1n) is 4.77. The van der Waals surface area contributed by atoms with Crippen LogP contribution in [0.15, 0.2) is 24.3 Å². The van der Waals surface area contributed by atoms with Crippen molar-refractivity contribution in [3.05, 3.63) is 35.0 Å². The van der Waals surface area contributed by atoms with Gasteiger partial charge >= 0.3 is 6.03 Å². The molecule has 0 saturated heterocycles. The summed E-state index contributed by atoms with van der Waals surface area (Å²) in [5, 5.41) is 10.3. The summed E-state index contributed by atoms with van der Waals surface area (Å²) in [6.07, 6.45) is 0. The van der Waals surface area contributed by atoms with Crippen molar-refractivity contribution in [3.63, 3.8) is 0 Å². The van der Waals surface area contributed by atoms with Gasteiger partial charge in [-0.1, -0.05) is 22.2 Å². The molecule has 0 fully saturated rings. The highest BCUT2D eigenvalue weighted by Crippen LogP contribution is 2.18. The minimum absolute atomic E-state index is 0.346. The van der Waals surface area contributed by atoms with E-state index in [0.29, 0.717) is 21.4 Å². The Morgan fingerprint density at radius 3 is 2.88 bits per heavy atom. The molecule has 0 atom stereocenters. The van der Waals surface area contributed by atoms with Crippen molar-refractivity contribution in [1.29, 1.82) is 0 Å². The number of amides is 2. The topological polar surface area (TPSA) is 66.9 Å². The van der Waals surface area contributed by atoms with Crippen LogP contribution in [0.4, 0.5) is 15.5 Å². The molecule has 0 bridgehead atoms. The molecule has 88 valence electrons. The van der Waals surface area contributed by atoms with E-state index in [1.807, 2.05) is 0 Å². The zero-order valence-electron chi connectivity index (χ0n) is 8.90. The number of anilines is 2. The minimum atomic E-state index is -0.346. The number of urea groups is 1. The van der Waals surface area contributed by atoms with E-state index in [0.717, 1.165) is 11.5 Å². The van der Waals surface area contributed by atoms with Crippen molar-refractivity contribution >= 4 is 39.9 Å². The van der Waals surface area contributed by atoms with Crippen LogP contribution < -0.4 is 10.6 Å². The maximum absolute atomic E-state index is 11.6. The Bertz CT molecular complexity index is 543. The van der Waals surface area contributed by atoms with Crippen LogP contribution in [0.25, 0.3) is 0 Å². The number of rotatable bonds is 2. The van der Waals surface area contributed by atoms with Gasteiger partial charge in [-0.3, -0.25) is 5.32 Å². The average Bonchev–Trinajstić information content (AvgIpc) is 2.64. The van der Waals surface area contributed by atoms with E-state index in [4.69, 9.17) is 11.6 Å². The fraction of sp³-hybridized carbons (Fsp3) is 0.100. The van der Waals surface area contributed by atoms with Gasteiger partial charge in [0.05, 0.1) is 5.69 Å². The van der Waals surface area contributed by atoms with Gasteiger partial charge in [-0.15, -0.1) is 5.10 Å². The first-order chi connectivity index (χ1) is 8.15. The van der Waals surface area contributed by atoms with Crippen LogP contribution in [0, 0.1) is 6.92 Å². The van der Waals surface area contributed by atoms with E-state index in [1.165, 1.54) is 0 Å². The van der Waals surface area contributed by atoms with Crippen molar-refractivity contribution in [2.45, 2.75) is 6.92 Å². The summed E-state index contributed by atoms with van der Waals surface area (Å²) in [5.41, 5.74) is 1.32. The second kappa shape index (κ2) is 5.11. The first-order valence-corrected chi connectivity index (χ1v) is 5.93. The largest absolute Gasteiger partial charge is 0.324 e. The van der Waals surface area contributed by atoms with Crippen molar-refractivity contribution in [2.75, 3.05) is 10.6 Å². The summed E-state index contributed by atoms with van der Waals surface area (Å²) in [4.78, 5) is 11.6. The second-order valence-corrected chi connectivity index (χ2v) is 4.47. The lowest BCUT2D eigenvalue weighted by atomic mass is 10.3. The molecule has 0 unspecified atom stereocenters. The van der Waals surface area contributed by atoms with Gasteiger partial charge in [0.25, 0.3) is 0 Å². The van der Waals surface area contributed by atoms with E-state index >= 15 is 0 Å². The van der Waals surface area contributed by atoms with Gasteiger partial charge in [-0.2, -0.15) is 0 Å². The molecular weight excluding hydrogens is 260 g/mol. The van der Waals surface area contributed by atoms with Gasteiger partial charge in [0.15, 0.2) is 0 Å². The summed E-state index contributed by atoms with van der Waals surface area (Å²) in [6, 6.07) is 6.57. The number of halogens is 1. The minimum Gasteiger partial charge on any atom is -0.308 e. The van der Waals surface area contributed by atoms with Gasteiger partial charge in [0, 0.05) is 22.2 Å². The van der Waals surface area contributed by atoms with Crippen LogP contribution in [0.5, 0.6) is 0 Å². The second-order valence-electron chi connectivity index (χ2n) is 3.28. The fourth-order valence-corrected chi connectivity index (χ4v) is 1.93. The highest BCUT2D eigenvalue weighted by atomic mass is 35.5. The molecule has 2 N–H and O–H groups in total. The summed E-state index contributed by atoms with van der Waals surface area (Å²) in [5.74, 6) is 0. The van der Waals surface area contributed by atoms with Gasteiger partial charge in [-0.25, -0.2) is 4.79 Å². The molecule has 17 heavy (non-hydrogen) atoms. The summed E-state index contributed by atoms with van der Waals surface area (Å²) in [7, 11) is 0. The lowest BCUT2D eigenvalue weighted by Gasteiger charge is -2.05. The van der Waals surface area contributed by atoms with Crippen molar-refractivity contribution in [3.8, 4) is 0 Å². The molecule has 1 aromatic heterocycles. The SMILES string of the molecule is Cc1nnsc1NC(=O)Nc1cccc(Cl)c1. The van der Waals surface area contributed by atoms with Crippen LogP contribution >= 0.6 is 23.1 Å². The maximum atomic E-state index is 11.6. The molecule has 2 amide bonds. The Kier molecular flexibility index (Phi) is 3.55. The fourth-order valence-electron chi connectivity index (χ4n) is 1.18. The summed E-state index contributed by atoms with van der Waals surface area (Å²) < 4.78 is 3.72. The molecule has 1 aromatic carbocycles. The molecule has 1 heterocycles. The van der Waals surface area contributed by atoms with E-state index in [-0.39, 0.29) is 6.03 Å². The summed E-state index contributed by atoms with van der Waals surface area (Å²) >= 11 is 6.94. The standard InChI is InChI=1S/C10H9ClN4OS/c1-6-9(17-15-14-6)13-10(16)12-8-4-2-3-7(11)5-8/h2-5H,1H3,(H2,12,13,16). The number of carbonyl (C=O) groups excluding carboxylic acids is 1. The Labute approximate surface area is 107 Å². The van der Waals surface area contributed by atoms with Gasteiger partial charge in [0.1, 0.15) is 5.00 Å². The maximum Gasteiger partial charge on any atom is 0.324 e. The highest BCUT2D eigenvalue weighted by molar-refractivity contribution is 7.10. The third-order valence-electron chi connectivity index (χ3n) is 1.96. The Morgan fingerprint density at radius 1 is 1.41 bits per heavy atom. The van der Waals surface area contributed by atoms with Gasteiger partial charge in [0.2, 0.25) is 0 Å². The summed E-state index contributed by atoms with van der Waals surface area (Å²) in [6.45, 7) is 1.78. The van der Waals surface area contributed by atoms with Crippen molar-refractivity contribution < 1.29 is 4.79 Å². The van der Waals surface area contributed by atoms with Crippen LogP contribution in [-0.4, -0.2) is 15.6 Å². The third-order valence-corrected chi connectivity index (χ3v) is 2.94. The van der Waals surface area contributed by atoms with Gasteiger partial charge in [-0.05, 0) is 25.1 Å². The predicted molar refractivity (Wildman–Crippen MR) is 68.7 cm³/mol. The molecule has 0 aliphatic heterocycles. The Morgan fingerprint density at radius 2 is 2.24 bits per heavy atom. The molecule has 0 spiro atoms. The molecule has 0 radical (unpaired) electrons. The van der Waals surface area contributed by atoms with Crippen LogP contribution in [-0.2, 0) is 0 Å². The zero-order chi connectivity index (χ0) is 12.3. The number of benzene rings is 1. The molecule has 7 heteroatoms. The number of nitrogens with one attached hydrogen (secondary N) is 2. The third kappa shape index (κ3) is 3.15. The van der Waals surface area contributed by atoms with E-state index < -0.39 is 0 Å². The Balaban J connectivity index is 2.01. The average molecular weight is 269 g/mol. The van der Waals surface area contributed by atoms with Crippen LogP contribution in [0.3, 0.4) is 0 Å². The number of carbonyl (C=O) groups is 1. The van der Waals surface area contributed by atoms with E-state index in [9.17, 15) is 4.79 Å². The van der Waals surface area contributed by atoms with E-state index in [1.54, 1.807) is 31.2 Å². The normalized spacial score (nSPS) is 10.0. The molecule has 2 aromatic rings. The predicted octanol–water partition coefficient (Wildman–Crippen LogP) is 3.14. The number of hydrogen-bond donors (Lipinski definition) is 2. The molecule has 5 nitrogen and oxygen atoms in total. The quantitative estimate of drug-likeness (QED) is 0.879. The molecule has 0 aliphatic carbocycles. The number of hydrogen-bond acceptors (Lipinski definition) is 4. The first kappa shape index (κ1) is 11.8. The Hall–Kier alpha value is -1.66. The smallest absolute Gasteiger partial charge is 0.308 e. The number of aromatic nitrogens is 2. The monoisotopic (exact) mass is 268 g/mol. The molecular formula is C10H9ClN4OS. The number of aryl methyl sites for hydroxylation is 1. The lowest BCUT2D eigenvalue weighted by molar-refractivity contribution is 0.262. The van der Waals surface area contributed by atoms with Crippen LogP contribution in [0.2, 0.25) is 5.02 Å². The van der Waals surface area contributed by atoms with Gasteiger partial charge < -0.3 is 5.32 Å².